The van der Waals surface area contributed by atoms with E-state index in [-0.39, 0.29) is 0 Å². The predicted octanol–water partition coefficient (Wildman–Crippen LogP) is 2.16. The fraction of sp³-hybridized carbons (Fsp3) is 0.429. The van der Waals surface area contributed by atoms with Crippen molar-refractivity contribution in [2.24, 2.45) is 0 Å². The van der Waals surface area contributed by atoms with Gasteiger partial charge in [0.05, 0.1) is 0 Å². The van der Waals surface area contributed by atoms with Crippen molar-refractivity contribution in [1.82, 2.24) is 5.32 Å². The molecule has 0 radical (unpaired) electrons. The molecule has 2 N–H and O–H groups in total. The highest BCUT2D eigenvalue weighted by Gasteiger charge is 2.11. The summed E-state index contributed by atoms with van der Waals surface area (Å²) < 4.78 is 0. The van der Waals surface area contributed by atoms with Gasteiger partial charge in [-0.3, -0.25) is 0 Å². The van der Waals surface area contributed by atoms with E-state index >= 15 is 0 Å². The minimum atomic E-state index is 0.794. The Morgan fingerprint density at radius 1 is 1.44 bits per heavy atom. The summed E-state index contributed by atoms with van der Waals surface area (Å²) in [5.74, 6) is 2.64. The lowest BCUT2D eigenvalue weighted by Crippen LogP contribution is -2.19. The molecule has 84 valence electrons. The van der Waals surface area contributed by atoms with Gasteiger partial charge in [0.25, 0.3) is 0 Å². The average Bonchev–Trinajstić information content (AvgIpc) is 2.35. The van der Waals surface area contributed by atoms with Crippen molar-refractivity contribution in [3.8, 4) is 12.3 Å². The Morgan fingerprint density at radius 3 is 3.25 bits per heavy atom. The van der Waals surface area contributed by atoms with E-state index < -0.39 is 0 Å². The van der Waals surface area contributed by atoms with Crippen LogP contribution in [0.25, 0.3) is 0 Å². The van der Waals surface area contributed by atoms with E-state index in [9.17, 15) is 0 Å². The SMILES string of the molecule is C#CCCNCc1cccc2c1NCCC2. The summed E-state index contributed by atoms with van der Waals surface area (Å²) >= 11 is 0. The maximum atomic E-state index is 5.22. The second-order valence-corrected chi connectivity index (χ2v) is 4.11. The number of benzene rings is 1. The summed E-state index contributed by atoms with van der Waals surface area (Å²) in [6.07, 6.45) is 8.44. The molecule has 2 nitrogen and oxygen atoms in total. The molecule has 0 saturated heterocycles. The summed E-state index contributed by atoms with van der Waals surface area (Å²) in [6, 6.07) is 6.54. The van der Waals surface area contributed by atoms with Crippen molar-refractivity contribution in [3.63, 3.8) is 0 Å². The second kappa shape index (κ2) is 5.58. The Morgan fingerprint density at radius 2 is 2.38 bits per heavy atom. The van der Waals surface area contributed by atoms with Gasteiger partial charge >= 0.3 is 0 Å². The maximum absolute atomic E-state index is 5.22. The van der Waals surface area contributed by atoms with Gasteiger partial charge in [0.15, 0.2) is 0 Å². The van der Waals surface area contributed by atoms with Crippen molar-refractivity contribution < 1.29 is 0 Å². The number of para-hydroxylation sites is 1. The number of nitrogens with one attached hydrogen (secondary N) is 2. The topological polar surface area (TPSA) is 24.1 Å². The van der Waals surface area contributed by atoms with E-state index in [0.29, 0.717) is 0 Å². The van der Waals surface area contributed by atoms with Gasteiger partial charge in [-0.05, 0) is 24.0 Å². The summed E-state index contributed by atoms with van der Waals surface area (Å²) in [5, 5.41) is 6.86. The van der Waals surface area contributed by atoms with E-state index in [0.717, 1.165) is 26.1 Å². The first-order chi connectivity index (χ1) is 7.92. The summed E-state index contributed by atoms with van der Waals surface area (Å²) in [4.78, 5) is 0. The zero-order valence-corrected chi connectivity index (χ0v) is 9.55. The van der Waals surface area contributed by atoms with E-state index in [1.54, 1.807) is 0 Å². The minimum absolute atomic E-state index is 0.794. The average molecular weight is 214 g/mol. The molecule has 0 aromatic heterocycles. The highest BCUT2D eigenvalue weighted by molar-refractivity contribution is 5.59. The molecule has 0 saturated carbocycles. The van der Waals surface area contributed by atoms with Gasteiger partial charge in [-0.15, -0.1) is 12.3 Å². The number of hydrogen-bond donors (Lipinski definition) is 2. The Hall–Kier alpha value is -1.46. The normalized spacial score (nSPS) is 13.7. The lowest BCUT2D eigenvalue weighted by Gasteiger charge is -2.21. The van der Waals surface area contributed by atoms with Crippen LogP contribution in [0.3, 0.4) is 0 Å². The lowest BCUT2D eigenvalue weighted by atomic mass is 9.99. The zero-order valence-electron chi connectivity index (χ0n) is 9.55. The Labute approximate surface area is 97.4 Å². The fourth-order valence-corrected chi connectivity index (χ4v) is 2.11. The Kier molecular flexibility index (Phi) is 3.85. The third-order valence-electron chi connectivity index (χ3n) is 2.92. The van der Waals surface area contributed by atoms with Crippen LogP contribution < -0.4 is 10.6 Å². The Balaban J connectivity index is 2.01. The largest absolute Gasteiger partial charge is 0.385 e. The van der Waals surface area contributed by atoms with Gasteiger partial charge < -0.3 is 10.6 Å². The zero-order chi connectivity index (χ0) is 11.2. The number of terminal acetylenes is 1. The molecule has 0 aliphatic carbocycles. The van der Waals surface area contributed by atoms with Crippen LogP contribution in [0, 0.1) is 12.3 Å². The number of anilines is 1. The van der Waals surface area contributed by atoms with Crippen LogP contribution in [0.4, 0.5) is 5.69 Å². The molecule has 0 atom stereocenters. The monoisotopic (exact) mass is 214 g/mol. The number of aryl methyl sites for hydroxylation is 1. The molecule has 1 aliphatic rings. The van der Waals surface area contributed by atoms with Crippen LogP contribution in [-0.4, -0.2) is 13.1 Å². The fourth-order valence-electron chi connectivity index (χ4n) is 2.11. The summed E-state index contributed by atoms with van der Waals surface area (Å²) in [6.45, 7) is 2.88. The van der Waals surface area contributed by atoms with Crippen LogP contribution in [0.2, 0.25) is 0 Å². The van der Waals surface area contributed by atoms with Crippen molar-refractivity contribution in [2.75, 3.05) is 18.4 Å². The molecule has 0 unspecified atom stereocenters. The first-order valence-electron chi connectivity index (χ1n) is 5.90. The molecular formula is C14H18N2. The molecule has 1 aromatic rings. The third-order valence-corrected chi connectivity index (χ3v) is 2.92. The van der Waals surface area contributed by atoms with E-state index in [2.05, 4.69) is 34.8 Å². The third kappa shape index (κ3) is 2.56. The number of fused-ring (bicyclic) bond motifs is 1. The lowest BCUT2D eigenvalue weighted by molar-refractivity contribution is 0.698. The minimum Gasteiger partial charge on any atom is -0.385 e. The van der Waals surface area contributed by atoms with Gasteiger partial charge in [-0.1, -0.05) is 18.2 Å². The molecule has 0 spiro atoms. The van der Waals surface area contributed by atoms with Crippen molar-refractivity contribution in [1.29, 1.82) is 0 Å². The van der Waals surface area contributed by atoms with Crippen LogP contribution in [0.15, 0.2) is 18.2 Å². The van der Waals surface area contributed by atoms with Gasteiger partial charge in [0, 0.05) is 31.7 Å². The van der Waals surface area contributed by atoms with Crippen LogP contribution in [-0.2, 0) is 13.0 Å². The number of hydrogen-bond acceptors (Lipinski definition) is 2. The molecule has 2 rings (SSSR count). The molecule has 16 heavy (non-hydrogen) atoms. The standard InChI is InChI=1S/C14H18N2/c1-2-3-9-15-11-13-7-4-6-12-8-5-10-16-14(12)13/h1,4,6-7,15-16H,3,5,8-11H2. The molecular weight excluding hydrogens is 196 g/mol. The predicted molar refractivity (Wildman–Crippen MR) is 68.4 cm³/mol. The van der Waals surface area contributed by atoms with Gasteiger partial charge in [0.1, 0.15) is 0 Å². The smallest absolute Gasteiger partial charge is 0.0418 e. The van der Waals surface area contributed by atoms with Gasteiger partial charge in [-0.2, -0.15) is 0 Å². The summed E-state index contributed by atoms with van der Waals surface area (Å²) in [5.41, 5.74) is 4.14. The molecule has 0 bridgehead atoms. The van der Waals surface area contributed by atoms with Crippen LogP contribution >= 0.6 is 0 Å². The van der Waals surface area contributed by atoms with Crippen LogP contribution in [0.1, 0.15) is 24.0 Å². The highest BCUT2D eigenvalue weighted by Crippen LogP contribution is 2.25. The van der Waals surface area contributed by atoms with Crippen molar-refractivity contribution in [2.45, 2.75) is 25.8 Å². The molecule has 1 aliphatic heterocycles. The van der Waals surface area contributed by atoms with Gasteiger partial charge in [0.2, 0.25) is 0 Å². The van der Waals surface area contributed by atoms with Gasteiger partial charge in [-0.25, -0.2) is 0 Å². The van der Waals surface area contributed by atoms with Crippen LogP contribution in [0.5, 0.6) is 0 Å². The number of rotatable bonds is 4. The van der Waals surface area contributed by atoms with Crippen molar-refractivity contribution in [3.05, 3.63) is 29.3 Å². The highest BCUT2D eigenvalue weighted by atomic mass is 14.9. The maximum Gasteiger partial charge on any atom is 0.0418 e. The van der Waals surface area contributed by atoms with E-state index in [1.807, 2.05) is 0 Å². The molecule has 1 heterocycles. The van der Waals surface area contributed by atoms with E-state index in [4.69, 9.17) is 6.42 Å². The molecule has 0 amide bonds. The molecule has 0 fully saturated rings. The first kappa shape index (κ1) is 11.0. The van der Waals surface area contributed by atoms with Crippen molar-refractivity contribution >= 4 is 5.69 Å². The molecule has 2 heteroatoms. The Bertz CT molecular complexity index is 390. The summed E-state index contributed by atoms with van der Waals surface area (Å²) in [7, 11) is 0. The first-order valence-corrected chi connectivity index (χ1v) is 5.90. The molecule has 1 aromatic carbocycles. The van der Waals surface area contributed by atoms with E-state index in [1.165, 1.54) is 29.7 Å². The second-order valence-electron chi connectivity index (χ2n) is 4.11. The quantitative estimate of drug-likeness (QED) is 0.593.